The highest BCUT2D eigenvalue weighted by Gasteiger charge is 2.01. The summed E-state index contributed by atoms with van der Waals surface area (Å²) < 4.78 is 30.5. The Balaban J connectivity index is 2.61. The van der Waals surface area contributed by atoms with E-state index in [1.807, 2.05) is 0 Å². The molecule has 82 valence electrons. The van der Waals surface area contributed by atoms with Crippen molar-refractivity contribution in [2.75, 3.05) is 13.7 Å². The third-order valence-electron chi connectivity index (χ3n) is 1.63. The van der Waals surface area contributed by atoms with Crippen LogP contribution in [0.3, 0.4) is 0 Å². The van der Waals surface area contributed by atoms with Gasteiger partial charge < -0.3 is 9.47 Å². The Morgan fingerprint density at radius 3 is 2.33 bits per heavy atom. The predicted octanol–water partition coefficient (Wildman–Crippen LogP) is 0.209. The second-order valence-electron chi connectivity index (χ2n) is 2.62. The molecule has 0 saturated carbocycles. The molecule has 0 aliphatic heterocycles. The standard InChI is InChI=1S/C9H10O5S/c1-13-9(10)6-14-7-2-4-8(5-3-7)15(11)12/h2-5,15H,6H2,1H3. The van der Waals surface area contributed by atoms with Crippen molar-refractivity contribution >= 4 is 16.7 Å². The van der Waals surface area contributed by atoms with E-state index in [0.29, 0.717) is 5.75 Å². The highest BCUT2D eigenvalue weighted by molar-refractivity contribution is 7.72. The molecule has 0 aromatic heterocycles. The summed E-state index contributed by atoms with van der Waals surface area (Å²) >= 11 is 0. The first-order valence-corrected chi connectivity index (χ1v) is 5.25. The van der Waals surface area contributed by atoms with E-state index in [1.165, 1.54) is 31.4 Å². The molecule has 0 atom stereocenters. The first-order chi connectivity index (χ1) is 7.13. The Morgan fingerprint density at radius 1 is 1.27 bits per heavy atom. The third-order valence-corrected chi connectivity index (χ3v) is 2.35. The summed E-state index contributed by atoms with van der Waals surface area (Å²) in [5.41, 5.74) is 0. The van der Waals surface area contributed by atoms with Crippen LogP contribution in [0.1, 0.15) is 0 Å². The zero-order valence-corrected chi connectivity index (χ0v) is 8.90. The SMILES string of the molecule is COC(=O)COc1ccc([SH](=O)=O)cc1. The van der Waals surface area contributed by atoms with Gasteiger partial charge in [0.1, 0.15) is 5.75 Å². The number of benzene rings is 1. The second-order valence-corrected chi connectivity index (χ2v) is 3.65. The van der Waals surface area contributed by atoms with E-state index in [9.17, 15) is 13.2 Å². The lowest BCUT2D eigenvalue weighted by molar-refractivity contribution is -0.142. The van der Waals surface area contributed by atoms with Gasteiger partial charge in [-0.25, -0.2) is 13.2 Å². The van der Waals surface area contributed by atoms with Gasteiger partial charge in [0.15, 0.2) is 17.3 Å². The van der Waals surface area contributed by atoms with Crippen LogP contribution in [-0.2, 0) is 20.2 Å². The number of esters is 1. The highest BCUT2D eigenvalue weighted by Crippen LogP contribution is 2.12. The minimum absolute atomic E-state index is 0.195. The minimum atomic E-state index is -2.58. The molecule has 0 aliphatic rings. The topological polar surface area (TPSA) is 69.7 Å². The van der Waals surface area contributed by atoms with Gasteiger partial charge in [0.25, 0.3) is 0 Å². The van der Waals surface area contributed by atoms with Crippen LogP contribution in [0.25, 0.3) is 0 Å². The molecule has 0 radical (unpaired) electrons. The molecular weight excluding hydrogens is 220 g/mol. The quantitative estimate of drug-likeness (QED) is 0.591. The lowest BCUT2D eigenvalue weighted by Gasteiger charge is -2.03. The number of hydrogen-bond donors (Lipinski definition) is 1. The van der Waals surface area contributed by atoms with Gasteiger partial charge in [-0.3, -0.25) is 0 Å². The van der Waals surface area contributed by atoms with Crippen LogP contribution in [0, 0.1) is 0 Å². The highest BCUT2D eigenvalue weighted by atomic mass is 32.2. The maximum absolute atomic E-state index is 10.7. The summed E-state index contributed by atoms with van der Waals surface area (Å²) in [6.45, 7) is -0.195. The van der Waals surface area contributed by atoms with Crippen LogP contribution in [0.4, 0.5) is 0 Å². The summed E-state index contributed by atoms with van der Waals surface area (Å²) in [5, 5.41) is 0. The first-order valence-electron chi connectivity index (χ1n) is 4.07. The first kappa shape index (κ1) is 11.5. The second kappa shape index (κ2) is 5.35. The smallest absolute Gasteiger partial charge is 0.343 e. The van der Waals surface area contributed by atoms with Crippen molar-refractivity contribution < 1.29 is 22.7 Å². The molecule has 0 spiro atoms. The summed E-state index contributed by atoms with van der Waals surface area (Å²) in [4.78, 5) is 10.9. The third kappa shape index (κ3) is 3.59. The van der Waals surface area contributed by atoms with Gasteiger partial charge in [-0.1, -0.05) is 0 Å². The molecule has 0 bridgehead atoms. The van der Waals surface area contributed by atoms with Crippen molar-refractivity contribution in [1.82, 2.24) is 0 Å². The fourth-order valence-corrected chi connectivity index (χ4v) is 1.26. The predicted molar refractivity (Wildman–Crippen MR) is 52.5 cm³/mol. The lowest BCUT2D eigenvalue weighted by atomic mass is 10.3. The van der Waals surface area contributed by atoms with Gasteiger partial charge in [-0.15, -0.1) is 0 Å². The Bertz CT molecular complexity index is 399. The number of hydrogen-bond acceptors (Lipinski definition) is 5. The molecule has 0 saturated heterocycles. The zero-order valence-electron chi connectivity index (χ0n) is 8.00. The number of carbonyl (C=O) groups is 1. The van der Waals surface area contributed by atoms with Gasteiger partial charge in [-0.05, 0) is 24.3 Å². The molecule has 1 aromatic rings. The minimum Gasteiger partial charge on any atom is -0.482 e. The van der Waals surface area contributed by atoms with E-state index < -0.39 is 16.7 Å². The van der Waals surface area contributed by atoms with Crippen LogP contribution in [-0.4, -0.2) is 28.1 Å². The van der Waals surface area contributed by atoms with Crippen LogP contribution >= 0.6 is 0 Å². The average Bonchev–Trinajstić information content (AvgIpc) is 2.26. The number of rotatable bonds is 4. The largest absolute Gasteiger partial charge is 0.482 e. The van der Waals surface area contributed by atoms with Crippen LogP contribution < -0.4 is 4.74 Å². The zero-order chi connectivity index (χ0) is 11.3. The number of carbonyl (C=O) groups excluding carboxylic acids is 1. The monoisotopic (exact) mass is 230 g/mol. The van der Waals surface area contributed by atoms with Gasteiger partial charge in [0.05, 0.1) is 12.0 Å². The van der Waals surface area contributed by atoms with E-state index in [1.54, 1.807) is 0 Å². The summed E-state index contributed by atoms with van der Waals surface area (Å²) in [5.74, 6) is -0.0741. The van der Waals surface area contributed by atoms with Gasteiger partial charge in [0.2, 0.25) is 0 Å². The molecule has 15 heavy (non-hydrogen) atoms. The molecule has 0 N–H and O–H groups in total. The van der Waals surface area contributed by atoms with Crippen LogP contribution in [0.5, 0.6) is 5.75 Å². The van der Waals surface area contributed by atoms with E-state index in [2.05, 4.69) is 4.74 Å². The lowest BCUT2D eigenvalue weighted by Crippen LogP contribution is -2.12. The fraction of sp³-hybridized carbons (Fsp3) is 0.222. The van der Waals surface area contributed by atoms with E-state index in [4.69, 9.17) is 4.74 Å². The molecule has 1 aromatic carbocycles. The van der Waals surface area contributed by atoms with E-state index in [0.717, 1.165) is 0 Å². The van der Waals surface area contributed by atoms with Gasteiger partial charge in [-0.2, -0.15) is 0 Å². The van der Waals surface area contributed by atoms with Crippen molar-refractivity contribution in [3.05, 3.63) is 24.3 Å². The molecule has 0 amide bonds. The van der Waals surface area contributed by atoms with Crippen molar-refractivity contribution in [2.24, 2.45) is 0 Å². The van der Waals surface area contributed by atoms with Crippen LogP contribution in [0.2, 0.25) is 0 Å². The molecule has 0 heterocycles. The van der Waals surface area contributed by atoms with Crippen molar-refractivity contribution in [1.29, 1.82) is 0 Å². The molecule has 1 rings (SSSR count). The number of ether oxygens (including phenoxy) is 2. The fourth-order valence-electron chi connectivity index (χ4n) is 0.865. The van der Waals surface area contributed by atoms with E-state index in [-0.39, 0.29) is 11.5 Å². The molecule has 0 fully saturated rings. The number of thiol groups is 1. The Kier molecular flexibility index (Phi) is 4.11. The molecule has 5 nitrogen and oxygen atoms in total. The molecule has 6 heteroatoms. The normalized spacial score (nSPS) is 10.0. The van der Waals surface area contributed by atoms with Crippen molar-refractivity contribution in [3.63, 3.8) is 0 Å². The molecule has 0 unspecified atom stereocenters. The average molecular weight is 230 g/mol. The van der Waals surface area contributed by atoms with Gasteiger partial charge >= 0.3 is 5.97 Å². The maximum Gasteiger partial charge on any atom is 0.343 e. The summed E-state index contributed by atoms with van der Waals surface area (Å²) in [6.07, 6.45) is 0. The number of methoxy groups -OCH3 is 1. The Labute approximate surface area is 88.6 Å². The molecule has 0 aliphatic carbocycles. The van der Waals surface area contributed by atoms with Crippen molar-refractivity contribution in [3.8, 4) is 5.75 Å². The van der Waals surface area contributed by atoms with Gasteiger partial charge in [0, 0.05) is 0 Å². The summed E-state index contributed by atoms with van der Waals surface area (Å²) in [7, 11) is -1.32. The van der Waals surface area contributed by atoms with E-state index >= 15 is 0 Å². The molecular formula is C9H10O5S. The Morgan fingerprint density at radius 2 is 1.87 bits per heavy atom. The van der Waals surface area contributed by atoms with Crippen LogP contribution in [0.15, 0.2) is 29.2 Å². The summed E-state index contributed by atoms with van der Waals surface area (Å²) in [6, 6.07) is 5.75. The Hall–Kier alpha value is -1.56. The van der Waals surface area contributed by atoms with Crippen molar-refractivity contribution in [2.45, 2.75) is 4.90 Å². The maximum atomic E-state index is 10.7.